The molecule has 1 aliphatic rings. The van der Waals surface area contributed by atoms with Crippen LogP contribution in [0.4, 0.5) is 0 Å². The van der Waals surface area contributed by atoms with Gasteiger partial charge in [0.05, 0.1) is 0 Å². The van der Waals surface area contributed by atoms with E-state index in [9.17, 15) is 0 Å². The summed E-state index contributed by atoms with van der Waals surface area (Å²) < 4.78 is 0. The molecule has 0 aliphatic carbocycles. The van der Waals surface area contributed by atoms with Crippen LogP contribution in [0.5, 0.6) is 0 Å². The van der Waals surface area contributed by atoms with E-state index in [1.54, 1.807) is 0 Å². The molecule has 1 unspecified atom stereocenters. The number of hydrogen-bond donors (Lipinski definition) is 2. The highest BCUT2D eigenvalue weighted by atomic mass is 15.0. The van der Waals surface area contributed by atoms with E-state index in [2.05, 4.69) is 27.4 Å². The van der Waals surface area contributed by atoms with Gasteiger partial charge in [0, 0.05) is 23.3 Å². The average Bonchev–Trinajstić information content (AvgIpc) is 2.74. The van der Waals surface area contributed by atoms with E-state index in [-0.39, 0.29) is 0 Å². The van der Waals surface area contributed by atoms with Crippen LogP contribution in [0.25, 0.3) is 11.0 Å². The van der Waals surface area contributed by atoms with Gasteiger partial charge >= 0.3 is 0 Å². The molecule has 0 spiro atoms. The molecular formula is C12H15N3. The van der Waals surface area contributed by atoms with Crippen molar-refractivity contribution in [1.29, 1.82) is 0 Å². The van der Waals surface area contributed by atoms with Gasteiger partial charge in [-0.2, -0.15) is 0 Å². The van der Waals surface area contributed by atoms with E-state index < -0.39 is 0 Å². The summed E-state index contributed by atoms with van der Waals surface area (Å²) in [5, 5.41) is 4.75. The van der Waals surface area contributed by atoms with E-state index in [4.69, 9.17) is 0 Å². The van der Waals surface area contributed by atoms with Crippen LogP contribution >= 0.6 is 0 Å². The fraction of sp³-hybridized carbons (Fsp3) is 0.417. The van der Waals surface area contributed by atoms with Gasteiger partial charge in [0.15, 0.2) is 0 Å². The number of hydrogen-bond acceptors (Lipinski definition) is 2. The molecule has 1 saturated heterocycles. The summed E-state index contributed by atoms with van der Waals surface area (Å²) in [5.74, 6) is 0. The fourth-order valence-electron chi connectivity index (χ4n) is 2.28. The summed E-state index contributed by atoms with van der Waals surface area (Å²) in [4.78, 5) is 7.71. The van der Waals surface area contributed by atoms with Gasteiger partial charge in [0.25, 0.3) is 0 Å². The van der Waals surface area contributed by atoms with Crippen molar-refractivity contribution >= 4 is 11.0 Å². The third kappa shape index (κ3) is 1.63. The lowest BCUT2D eigenvalue weighted by molar-refractivity contribution is 0.407. The predicted molar refractivity (Wildman–Crippen MR) is 60.7 cm³/mol. The Kier molecular flexibility index (Phi) is 2.18. The zero-order chi connectivity index (χ0) is 10.1. The number of nitrogens with zero attached hydrogens (tertiary/aromatic N) is 1. The minimum Gasteiger partial charge on any atom is -0.342 e. The Morgan fingerprint density at radius 2 is 2.33 bits per heavy atom. The number of rotatable bonds is 1. The second-order valence-electron chi connectivity index (χ2n) is 4.17. The summed E-state index contributed by atoms with van der Waals surface area (Å²) >= 11 is 0. The molecule has 0 aromatic carbocycles. The van der Waals surface area contributed by atoms with Crippen LogP contribution in [-0.4, -0.2) is 16.5 Å². The van der Waals surface area contributed by atoms with Gasteiger partial charge in [-0.25, -0.2) is 4.98 Å². The Hall–Kier alpha value is -1.35. The molecule has 1 atom stereocenters. The predicted octanol–water partition coefficient (Wildman–Crippen LogP) is 2.38. The Morgan fingerprint density at radius 3 is 3.13 bits per heavy atom. The topological polar surface area (TPSA) is 40.7 Å². The quantitative estimate of drug-likeness (QED) is 0.743. The van der Waals surface area contributed by atoms with Crippen molar-refractivity contribution in [3.8, 4) is 0 Å². The molecule has 3 heteroatoms. The first-order chi connectivity index (χ1) is 7.43. The molecule has 15 heavy (non-hydrogen) atoms. The lowest BCUT2D eigenvalue weighted by atomic mass is 10.0. The van der Waals surface area contributed by atoms with Crippen molar-refractivity contribution in [2.24, 2.45) is 0 Å². The van der Waals surface area contributed by atoms with Crippen molar-refractivity contribution in [3.05, 3.63) is 30.1 Å². The molecule has 0 amide bonds. The molecule has 78 valence electrons. The molecule has 3 heterocycles. The van der Waals surface area contributed by atoms with Crippen molar-refractivity contribution in [2.45, 2.75) is 25.3 Å². The molecule has 1 fully saturated rings. The highest BCUT2D eigenvalue weighted by Gasteiger charge is 2.16. The maximum Gasteiger partial charge on any atom is 0.137 e. The number of piperidine rings is 1. The minimum absolute atomic E-state index is 0.493. The zero-order valence-corrected chi connectivity index (χ0v) is 8.66. The summed E-state index contributed by atoms with van der Waals surface area (Å²) in [6, 6.07) is 6.79. The van der Waals surface area contributed by atoms with Crippen LogP contribution in [0.2, 0.25) is 0 Å². The third-order valence-electron chi connectivity index (χ3n) is 3.10. The standard InChI is InChI=1S/C12H15N3/c1-2-6-13-10(5-1)11-8-9-4-3-7-14-12(9)15-11/h3-4,7-8,10,13H,1-2,5-6H2,(H,14,15). The van der Waals surface area contributed by atoms with E-state index >= 15 is 0 Å². The smallest absolute Gasteiger partial charge is 0.137 e. The molecule has 2 aromatic rings. The molecule has 2 aromatic heterocycles. The summed E-state index contributed by atoms with van der Waals surface area (Å²) in [7, 11) is 0. The maximum atomic E-state index is 4.31. The van der Waals surface area contributed by atoms with Crippen LogP contribution < -0.4 is 5.32 Å². The Bertz CT molecular complexity index is 422. The second kappa shape index (κ2) is 3.66. The van der Waals surface area contributed by atoms with E-state index in [0.29, 0.717) is 6.04 Å². The van der Waals surface area contributed by atoms with Crippen LogP contribution in [0.3, 0.4) is 0 Å². The fourth-order valence-corrected chi connectivity index (χ4v) is 2.28. The molecule has 3 rings (SSSR count). The first kappa shape index (κ1) is 8.92. The van der Waals surface area contributed by atoms with Crippen molar-refractivity contribution in [1.82, 2.24) is 15.3 Å². The molecular weight excluding hydrogens is 186 g/mol. The molecule has 0 saturated carbocycles. The molecule has 1 aliphatic heterocycles. The van der Waals surface area contributed by atoms with E-state index in [1.807, 2.05) is 12.3 Å². The van der Waals surface area contributed by atoms with Crippen LogP contribution in [0, 0.1) is 0 Å². The zero-order valence-electron chi connectivity index (χ0n) is 8.66. The van der Waals surface area contributed by atoms with Crippen LogP contribution in [0.1, 0.15) is 31.0 Å². The van der Waals surface area contributed by atoms with Gasteiger partial charge in [-0.15, -0.1) is 0 Å². The number of pyridine rings is 1. The van der Waals surface area contributed by atoms with Gasteiger partial charge in [-0.05, 0) is 37.6 Å². The Balaban J connectivity index is 1.96. The first-order valence-corrected chi connectivity index (χ1v) is 5.60. The van der Waals surface area contributed by atoms with Gasteiger partial charge in [-0.1, -0.05) is 6.42 Å². The van der Waals surface area contributed by atoms with Gasteiger partial charge in [0.1, 0.15) is 5.65 Å². The highest BCUT2D eigenvalue weighted by Crippen LogP contribution is 2.24. The number of aromatic amines is 1. The maximum absolute atomic E-state index is 4.31. The monoisotopic (exact) mass is 201 g/mol. The number of nitrogens with one attached hydrogen (secondary N) is 2. The summed E-state index contributed by atoms with van der Waals surface area (Å²) in [6.07, 6.45) is 5.68. The molecule has 0 bridgehead atoms. The van der Waals surface area contributed by atoms with Crippen LogP contribution in [-0.2, 0) is 0 Å². The highest BCUT2D eigenvalue weighted by molar-refractivity contribution is 5.76. The number of aromatic nitrogens is 2. The Labute approximate surface area is 88.9 Å². The van der Waals surface area contributed by atoms with Crippen molar-refractivity contribution < 1.29 is 0 Å². The van der Waals surface area contributed by atoms with Crippen molar-refractivity contribution in [2.75, 3.05) is 6.54 Å². The first-order valence-electron chi connectivity index (χ1n) is 5.60. The second-order valence-corrected chi connectivity index (χ2v) is 4.17. The van der Waals surface area contributed by atoms with Crippen LogP contribution in [0.15, 0.2) is 24.4 Å². The minimum atomic E-state index is 0.493. The Morgan fingerprint density at radius 1 is 1.33 bits per heavy atom. The van der Waals surface area contributed by atoms with Gasteiger partial charge < -0.3 is 10.3 Å². The lowest BCUT2D eigenvalue weighted by Crippen LogP contribution is -2.26. The lowest BCUT2D eigenvalue weighted by Gasteiger charge is -2.22. The summed E-state index contributed by atoms with van der Waals surface area (Å²) in [6.45, 7) is 1.13. The normalized spacial score (nSPS) is 22.0. The van der Waals surface area contributed by atoms with E-state index in [1.165, 1.54) is 30.3 Å². The van der Waals surface area contributed by atoms with E-state index in [0.717, 1.165) is 12.2 Å². The SMILES string of the molecule is c1cnc2[nH]c(C3CCCCN3)cc2c1. The van der Waals surface area contributed by atoms with Gasteiger partial charge in [0.2, 0.25) is 0 Å². The molecule has 2 N–H and O–H groups in total. The number of fused-ring (bicyclic) bond motifs is 1. The average molecular weight is 201 g/mol. The third-order valence-corrected chi connectivity index (χ3v) is 3.10. The molecule has 0 radical (unpaired) electrons. The largest absolute Gasteiger partial charge is 0.342 e. The number of H-pyrrole nitrogens is 1. The van der Waals surface area contributed by atoms with Gasteiger partial charge in [-0.3, -0.25) is 0 Å². The van der Waals surface area contributed by atoms with Crippen molar-refractivity contribution in [3.63, 3.8) is 0 Å². The summed E-state index contributed by atoms with van der Waals surface area (Å²) in [5.41, 5.74) is 2.28. The molecule has 3 nitrogen and oxygen atoms in total.